The Morgan fingerprint density at radius 2 is 1.96 bits per heavy atom. The van der Waals surface area contributed by atoms with Crippen LogP contribution < -0.4 is 10.1 Å². The lowest BCUT2D eigenvalue weighted by Crippen LogP contribution is -2.28. The van der Waals surface area contributed by atoms with Gasteiger partial charge in [-0.15, -0.1) is 0 Å². The number of fused-ring (bicyclic) bond motifs is 1. The predicted molar refractivity (Wildman–Crippen MR) is 87.3 cm³/mol. The van der Waals surface area contributed by atoms with E-state index >= 15 is 0 Å². The average Bonchev–Trinajstić information content (AvgIpc) is 2.91. The Bertz CT molecular complexity index is 822. The van der Waals surface area contributed by atoms with E-state index in [4.69, 9.17) is 9.15 Å². The molecule has 1 heterocycles. The van der Waals surface area contributed by atoms with E-state index in [1.165, 1.54) is 0 Å². The van der Waals surface area contributed by atoms with Gasteiger partial charge in [-0.3, -0.25) is 4.79 Å². The minimum Gasteiger partial charge on any atom is -0.484 e. The number of nitrogens with zero attached hydrogens (tertiary/aromatic N) is 1. The number of benzene rings is 2. The van der Waals surface area contributed by atoms with Gasteiger partial charge in [-0.25, -0.2) is 4.98 Å². The van der Waals surface area contributed by atoms with Gasteiger partial charge in [0.05, 0.1) is 0 Å². The average molecular weight is 310 g/mol. The Hall–Kier alpha value is -2.82. The van der Waals surface area contributed by atoms with Crippen LogP contribution in [0.5, 0.6) is 5.75 Å². The number of aryl methyl sites for hydroxylation is 2. The van der Waals surface area contributed by atoms with Crippen molar-refractivity contribution in [1.29, 1.82) is 0 Å². The summed E-state index contributed by atoms with van der Waals surface area (Å²) in [5.41, 5.74) is 3.67. The Morgan fingerprint density at radius 3 is 2.74 bits per heavy atom. The van der Waals surface area contributed by atoms with Crippen molar-refractivity contribution in [2.75, 3.05) is 6.61 Å². The van der Waals surface area contributed by atoms with Crippen LogP contribution in [0.1, 0.15) is 17.0 Å². The molecule has 2 aromatic carbocycles. The molecule has 0 atom stereocenters. The molecule has 0 bridgehead atoms. The van der Waals surface area contributed by atoms with Crippen LogP contribution >= 0.6 is 0 Å². The summed E-state index contributed by atoms with van der Waals surface area (Å²) in [5.74, 6) is 1.15. The van der Waals surface area contributed by atoms with Gasteiger partial charge >= 0.3 is 0 Å². The van der Waals surface area contributed by atoms with Crippen molar-refractivity contribution < 1.29 is 13.9 Å². The van der Waals surface area contributed by atoms with Crippen molar-refractivity contribution in [1.82, 2.24) is 10.3 Å². The maximum atomic E-state index is 11.9. The maximum absolute atomic E-state index is 11.9. The second-order valence-electron chi connectivity index (χ2n) is 5.41. The van der Waals surface area contributed by atoms with E-state index in [2.05, 4.69) is 10.3 Å². The minimum atomic E-state index is -0.165. The van der Waals surface area contributed by atoms with Gasteiger partial charge < -0.3 is 14.5 Å². The number of hydrogen-bond donors (Lipinski definition) is 1. The number of carbonyl (C=O) groups is 1. The second-order valence-corrected chi connectivity index (χ2v) is 5.41. The Balaban J connectivity index is 1.52. The van der Waals surface area contributed by atoms with Gasteiger partial charge in [0.15, 0.2) is 18.1 Å². The monoisotopic (exact) mass is 310 g/mol. The highest BCUT2D eigenvalue weighted by Gasteiger charge is 2.06. The first-order valence-corrected chi connectivity index (χ1v) is 7.42. The fourth-order valence-corrected chi connectivity index (χ4v) is 2.23. The Kier molecular flexibility index (Phi) is 4.28. The molecule has 1 amide bonds. The number of oxazole rings is 1. The zero-order valence-electron chi connectivity index (χ0n) is 13.1. The largest absolute Gasteiger partial charge is 0.484 e. The van der Waals surface area contributed by atoms with Crippen LogP contribution in [0, 0.1) is 13.8 Å². The Morgan fingerprint density at radius 1 is 1.17 bits per heavy atom. The van der Waals surface area contributed by atoms with Gasteiger partial charge in [0, 0.05) is 13.5 Å². The fraction of sp³-hybridized carbons (Fsp3) is 0.222. The summed E-state index contributed by atoms with van der Waals surface area (Å²) < 4.78 is 10.9. The molecule has 0 aliphatic rings. The van der Waals surface area contributed by atoms with E-state index in [-0.39, 0.29) is 12.5 Å². The zero-order valence-corrected chi connectivity index (χ0v) is 13.1. The lowest BCUT2D eigenvalue weighted by molar-refractivity contribution is -0.123. The summed E-state index contributed by atoms with van der Waals surface area (Å²) >= 11 is 0. The van der Waals surface area contributed by atoms with Crippen molar-refractivity contribution in [2.24, 2.45) is 0 Å². The summed E-state index contributed by atoms with van der Waals surface area (Å²) in [6.45, 7) is 4.24. The van der Waals surface area contributed by atoms with Crippen LogP contribution in [0.3, 0.4) is 0 Å². The second kappa shape index (κ2) is 6.52. The van der Waals surface area contributed by atoms with E-state index in [1.54, 1.807) is 0 Å². The van der Waals surface area contributed by atoms with Gasteiger partial charge in [-0.1, -0.05) is 23.8 Å². The van der Waals surface area contributed by atoms with Gasteiger partial charge in [0.1, 0.15) is 11.3 Å². The molecular formula is C18H18N2O3. The number of amides is 1. The van der Waals surface area contributed by atoms with Crippen LogP contribution in [0.2, 0.25) is 0 Å². The molecule has 0 aliphatic carbocycles. The van der Waals surface area contributed by atoms with E-state index in [0.29, 0.717) is 18.2 Å². The summed E-state index contributed by atoms with van der Waals surface area (Å²) in [6, 6.07) is 13.3. The Labute approximate surface area is 134 Å². The van der Waals surface area contributed by atoms with Crippen molar-refractivity contribution >= 4 is 17.0 Å². The smallest absolute Gasteiger partial charge is 0.258 e. The quantitative estimate of drug-likeness (QED) is 0.786. The summed E-state index contributed by atoms with van der Waals surface area (Å²) in [7, 11) is 0. The lowest BCUT2D eigenvalue weighted by Gasteiger charge is -2.08. The van der Waals surface area contributed by atoms with Crippen LogP contribution in [0.4, 0.5) is 0 Å². The summed E-state index contributed by atoms with van der Waals surface area (Å²) in [6.07, 6.45) is 0. The molecule has 23 heavy (non-hydrogen) atoms. The molecule has 0 aliphatic heterocycles. The van der Waals surface area contributed by atoms with Gasteiger partial charge in [0.25, 0.3) is 5.91 Å². The van der Waals surface area contributed by atoms with Gasteiger partial charge in [0.2, 0.25) is 0 Å². The SMILES string of the molecule is Cc1ccc(OCC(=O)NCc2ccc3oc(C)nc3c2)cc1. The molecule has 3 aromatic rings. The van der Waals surface area contributed by atoms with Gasteiger partial charge in [-0.2, -0.15) is 0 Å². The third kappa shape index (κ3) is 3.88. The van der Waals surface area contributed by atoms with E-state index in [0.717, 1.165) is 22.2 Å². The molecule has 3 rings (SSSR count). The molecule has 0 saturated carbocycles. The molecule has 0 unspecified atom stereocenters. The molecule has 0 fully saturated rings. The number of rotatable bonds is 5. The molecule has 5 heteroatoms. The van der Waals surface area contributed by atoms with Crippen molar-refractivity contribution in [2.45, 2.75) is 20.4 Å². The molecular weight excluding hydrogens is 292 g/mol. The van der Waals surface area contributed by atoms with Crippen molar-refractivity contribution in [3.8, 4) is 5.75 Å². The first-order chi connectivity index (χ1) is 11.1. The molecule has 118 valence electrons. The normalized spacial score (nSPS) is 10.7. The fourth-order valence-electron chi connectivity index (χ4n) is 2.23. The van der Waals surface area contributed by atoms with E-state index in [1.807, 2.05) is 56.3 Å². The molecule has 0 radical (unpaired) electrons. The lowest BCUT2D eigenvalue weighted by atomic mass is 10.2. The molecule has 0 spiro atoms. The third-order valence-corrected chi connectivity index (χ3v) is 3.44. The van der Waals surface area contributed by atoms with Gasteiger partial charge in [-0.05, 0) is 36.8 Å². The molecule has 1 aromatic heterocycles. The minimum absolute atomic E-state index is 0.00558. The first-order valence-electron chi connectivity index (χ1n) is 7.42. The van der Waals surface area contributed by atoms with E-state index < -0.39 is 0 Å². The predicted octanol–water partition coefficient (Wildman–Crippen LogP) is 3.14. The van der Waals surface area contributed by atoms with Crippen molar-refractivity contribution in [3.63, 3.8) is 0 Å². The summed E-state index contributed by atoms with van der Waals surface area (Å²) in [5, 5.41) is 2.83. The van der Waals surface area contributed by atoms with E-state index in [9.17, 15) is 4.79 Å². The maximum Gasteiger partial charge on any atom is 0.258 e. The number of hydrogen-bond acceptors (Lipinski definition) is 4. The number of ether oxygens (including phenoxy) is 1. The first kappa shape index (κ1) is 15.1. The van der Waals surface area contributed by atoms with Crippen LogP contribution in [-0.4, -0.2) is 17.5 Å². The molecule has 0 saturated heterocycles. The number of carbonyl (C=O) groups excluding carboxylic acids is 1. The highest BCUT2D eigenvalue weighted by atomic mass is 16.5. The van der Waals surface area contributed by atoms with Crippen LogP contribution in [0.25, 0.3) is 11.1 Å². The molecule has 5 nitrogen and oxygen atoms in total. The van der Waals surface area contributed by atoms with Crippen LogP contribution in [0.15, 0.2) is 46.9 Å². The highest BCUT2D eigenvalue weighted by molar-refractivity contribution is 5.78. The zero-order chi connectivity index (χ0) is 16.2. The highest BCUT2D eigenvalue weighted by Crippen LogP contribution is 2.16. The summed E-state index contributed by atoms with van der Waals surface area (Å²) in [4.78, 5) is 16.1. The number of aromatic nitrogens is 1. The third-order valence-electron chi connectivity index (χ3n) is 3.44. The topological polar surface area (TPSA) is 64.4 Å². The number of nitrogens with one attached hydrogen (secondary N) is 1. The van der Waals surface area contributed by atoms with Crippen molar-refractivity contribution in [3.05, 3.63) is 59.5 Å². The van der Waals surface area contributed by atoms with Crippen LogP contribution in [-0.2, 0) is 11.3 Å². The standard InChI is InChI=1S/C18H18N2O3/c1-12-3-6-15(7-4-12)22-11-18(21)19-10-14-5-8-17-16(9-14)20-13(2)23-17/h3-9H,10-11H2,1-2H3,(H,19,21). The molecule has 1 N–H and O–H groups in total.